The van der Waals surface area contributed by atoms with Crippen molar-refractivity contribution in [1.82, 2.24) is 0 Å². The first kappa shape index (κ1) is 9.52. The van der Waals surface area contributed by atoms with Gasteiger partial charge in [0.2, 0.25) is 0 Å². The normalized spacial score (nSPS) is 8.67. The molecule has 0 spiro atoms. The quantitative estimate of drug-likeness (QED) is 0.531. The molecule has 0 saturated heterocycles. The molecule has 0 unspecified atom stereocenters. The van der Waals surface area contributed by atoms with Crippen LogP contribution < -0.4 is 0 Å². The van der Waals surface area contributed by atoms with Gasteiger partial charge in [0, 0.05) is 0 Å². The summed E-state index contributed by atoms with van der Waals surface area (Å²) in [5.41, 5.74) is 0. The van der Waals surface area contributed by atoms with Gasteiger partial charge in [-0.3, -0.25) is 0 Å². The van der Waals surface area contributed by atoms with Gasteiger partial charge in [0.05, 0.1) is 0 Å². The fourth-order valence-corrected chi connectivity index (χ4v) is 3.70. The van der Waals surface area contributed by atoms with Crippen molar-refractivity contribution in [2.75, 3.05) is 0 Å². The van der Waals surface area contributed by atoms with Gasteiger partial charge in [-0.05, 0) is 0 Å². The van der Waals surface area contributed by atoms with Crippen LogP contribution in [0, 0.1) is 0 Å². The van der Waals surface area contributed by atoms with E-state index in [4.69, 9.17) is 0 Å². The molecule has 0 atom stereocenters. The Balaban J connectivity index is 3.60. The molecule has 0 aliphatic rings. The third kappa shape index (κ3) is 4.99. The average Bonchev–Trinajstić information content (AvgIpc) is 1.91. The first-order valence-corrected chi connectivity index (χ1v) is 7.88. The van der Waals surface area contributed by atoms with Gasteiger partial charge < -0.3 is 0 Å². The predicted molar refractivity (Wildman–Crippen MR) is 46.1 cm³/mol. The zero-order valence-electron chi connectivity index (χ0n) is 5.89. The number of hydrogen-bond donors (Lipinski definition) is 0. The second-order valence-corrected chi connectivity index (χ2v) is 6.32. The maximum absolute atomic E-state index is 3.67. The van der Waals surface area contributed by atoms with E-state index in [-0.39, 0.29) is 0 Å². The van der Waals surface area contributed by atoms with Gasteiger partial charge in [-0.1, -0.05) is 0 Å². The van der Waals surface area contributed by atoms with Crippen molar-refractivity contribution in [3.63, 3.8) is 0 Å². The van der Waals surface area contributed by atoms with E-state index in [0.717, 1.165) is 36.3 Å². The molecule has 0 saturated carbocycles. The summed E-state index contributed by atoms with van der Waals surface area (Å²) in [6.45, 7) is 3.67. The third-order valence-electron chi connectivity index (χ3n) is 0.854. The summed E-state index contributed by atoms with van der Waals surface area (Å²) in [6.07, 6.45) is 5.32. The maximum atomic E-state index is 3.67. The van der Waals surface area contributed by atoms with Crippen molar-refractivity contribution in [3.8, 4) is 0 Å². The van der Waals surface area contributed by atoms with Crippen molar-refractivity contribution in [2.24, 2.45) is 0 Å². The Kier molecular flexibility index (Phi) is 7.02. The molecular weight excluding hydrogens is 242 g/mol. The summed E-state index contributed by atoms with van der Waals surface area (Å²) in [4.78, 5) is 0. The average molecular weight is 254 g/mol. The summed E-state index contributed by atoms with van der Waals surface area (Å²) >= 11 is 1.47. The van der Waals surface area contributed by atoms with Crippen LogP contribution in [0.4, 0.5) is 0 Å². The Labute approximate surface area is 70.1 Å². The number of allylic oxidation sites excluding steroid dienone is 2. The molecule has 0 fully saturated rings. The minimum absolute atomic E-state index is 0.734. The second-order valence-electron chi connectivity index (χ2n) is 1.46. The molecule has 2 heteroatoms. The molecular formula is C7H12Se2. The molecule has 0 nitrogen and oxygen atoms in total. The molecule has 0 amide bonds. The molecule has 0 aromatic carbocycles. The molecule has 52 valence electrons. The topological polar surface area (TPSA) is 0 Å². The van der Waals surface area contributed by atoms with Gasteiger partial charge in [0.15, 0.2) is 0 Å². The molecule has 0 aliphatic heterocycles. The first-order valence-electron chi connectivity index (χ1n) is 2.74. The summed E-state index contributed by atoms with van der Waals surface area (Å²) in [6, 6.07) is 0. The third-order valence-corrected chi connectivity index (χ3v) is 6.88. The number of hydrogen-bond acceptors (Lipinski definition) is 0. The van der Waals surface area contributed by atoms with E-state index >= 15 is 0 Å². The van der Waals surface area contributed by atoms with Crippen LogP contribution in [-0.4, -0.2) is 29.9 Å². The second kappa shape index (κ2) is 6.64. The Hall–Kier alpha value is 0.519. The van der Waals surface area contributed by atoms with Crippen LogP contribution in [0.5, 0.6) is 0 Å². The van der Waals surface area contributed by atoms with Gasteiger partial charge in [0.25, 0.3) is 0 Å². The minimum atomic E-state index is 0.734. The standard InChI is InChI=1S/C7H12Se2/c1-4-5-6-7(8-2)9-3/h4,6H,1,5H2,2-3H3. The van der Waals surface area contributed by atoms with E-state index in [0.29, 0.717) is 0 Å². The van der Waals surface area contributed by atoms with Crippen LogP contribution in [0.1, 0.15) is 6.42 Å². The predicted octanol–water partition coefficient (Wildman–Crippen LogP) is 1.91. The van der Waals surface area contributed by atoms with E-state index in [1.165, 1.54) is 0 Å². The Morgan fingerprint density at radius 1 is 1.44 bits per heavy atom. The van der Waals surface area contributed by atoms with Crippen molar-refractivity contribution in [1.29, 1.82) is 0 Å². The van der Waals surface area contributed by atoms with Crippen molar-refractivity contribution in [3.05, 3.63) is 22.1 Å². The first-order chi connectivity index (χ1) is 4.35. The van der Waals surface area contributed by atoms with Crippen LogP contribution in [-0.2, 0) is 0 Å². The van der Waals surface area contributed by atoms with Crippen LogP contribution in [0.15, 0.2) is 22.1 Å². The monoisotopic (exact) mass is 256 g/mol. The number of rotatable bonds is 4. The fraction of sp³-hybridized carbons (Fsp3) is 0.429. The molecule has 0 bridgehead atoms. The van der Waals surface area contributed by atoms with E-state index in [1.807, 2.05) is 6.08 Å². The molecule has 0 aliphatic carbocycles. The summed E-state index contributed by atoms with van der Waals surface area (Å²) in [5, 5.41) is 0. The van der Waals surface area contributed by atoms with Crippen LogP contribution in [0.3, 0.4) is 0 Å². The zero-order valence-corrected chi connectivity index (χ0v) is 9.31. The van der Waals surface area contributed by atoms with Gasteiger partial charge in [-0.15, -0.1) is 0 Å². The van der Waals surface area contributed by atoms with Crippen LogP contribution in [0.25, 0.3) is 0 Å². The van der Waals surface area contributed by atoms with Crippen molar-refractivity contribution < 1.29 is 0 Å². The van der Waals surface area contributed by atoms with Gasteiger partial charge in [0.1, 0.15) is 0 Å². The van der Waals surface area contributed by atoms with E-state index in [9.17, 15) is 0 Å². The summed E-state index contributed by atoms with van der Waals surface area (Å²) in [7, 11) is 0. The summed E-state index contributed by atoms with van der Waals surface area (Å²) in [5.74, 6) is 4.54. The SMILES string of the molecule is C=CCC=C([Se]C)[Se]C. The fourth-order valence-electron chi connectivity index (χ4n) is 0.430. The Morgan fingerprint density at radius 2 is 2.00 bits per heavy atom. The van der Waals surface area contributed by atoms with E-state index in [2.05, 4.69) is 24.3 Å². The molecule has 9 heavy (non-hydrogen) atoms. The molecule has 0 radical (unpaired) electrons. The van der Waals surface area contributed by atoms with Crippen LogP contribution >= 0.6 is 0 Å². The van der Waals surface area contributed by atoms with Gasteiger partial charge in [-0.25, -0.2) is 0 Å². The van der Waals surface area contributed by atoms with E-state index in [1.54, 1.807) is 3.37 Å². The van der Waals surface area contributed by atoms with Crippen LogP contribution in [0.2, 0.25) is 11.6 Å². The van der Waals surface area contributed by atoms with Gasteiger partial charge >= 0.3 is 70.1 Å². The molecule has 0 aromatic heterocycles. The zero-order chi connectivity index (χ0) is 7.11. The Morgan fingerprint density at radius 3 is 2.33 bits per heavy atom. The molecule has 0 N–H and O–H groups in total. The van der Waals surface area contributed by atoms with Gasteiger partial charge in [-0.2, -0.15) is 0 Å². The summed E-state index contributed by atoms with van der Waals surface area (Å²) < 4.78 is 1.66. The Bertz CT molecular complexity index is 99.5. The van der Waals surface area contributed by atoms with Crippen molar-refractivity contribution in [2.45, 2.75) is 18.1 Å². The van der Waals surface area contributed by atoms with Crippen molar-refractivity contribution >= 4 is 29.9 Å². The molecule has 0 heterocycles. The molecule has 0 rings (SSSR count). The van der Waals surface area contributed by atoms with E-state index < -0.39 is 0 Å². The molecule has 0 aromatic rings.